The molecule has 1 aromatic heterocycles. The van der Waals surface area contributed by atoms with Crippen molar-refractivity contribution in [3.63, 3.8) is 0 Å². The molecule has 26 heavy (non-hydrogen) atoms. The van der Waals surface area contributed by atoms with Gasteiger partial charge in [-0.05, 0) is 38.0 Å². The minimum Gasteiger partial charge on any atom is -0.412 e. The predicted octanol–water partition coefficient (Wildman–Crippen LogP) is 4.68. The minimum atomic E-state index is -0.820. The highest BCUT2D eigenvalue weighted by molar-refractivity contribution is 7.14. The quantitative estimate of drug-likeness (QED) is 0.565. The normalized spacial score (nSPS) is 16.7. The molecule has 4 nitrogen and oxygen atoms in total. The lowest BCUT2D eigenvalue weighted by Gasteiger charge is -2.39. The molecular formula is C20H19ClN2O2S. The molecule has 0 saturated heterocycles. The fraction of sp³-hybridized carbons (Fsp3) is 0.300. The topological polar surface area (TPSA) is 53.3 Å². The monoisotopic (exact) mass is 386 g/mol. The molecule has 2 aromatic rings. The molecule has 0 unspecified atom stereocenters. The lowest BCUT2D eigenvalue weighted by atomic mass is 9.89. The van der Waals surface area contributed by atoms with E-state index in [1.807, 2.05) is 37.3 Å². The number of halogens is 1. The number of esters is 1. The van der Waals surface area contributed by atoms with Crippen LogP contribution in [0.25, 0.3) is 0 Å². The summed E-state index contributed by atoms with van der Waals surface area (Å²) in [6.45, 7) is 5.03. The zero-order valence-electron chi connectivity index (χ0n) is 14.7. The van der Waals surface area contributed by atoms with Crippen LogP contribution in [0, 0.1) is 11.3 Å². The van der Waals surface area contributed by atoms with Gasteiger partial charge < -0.3 is 4.74 Å². The Morgan fingerprint density at radius 1 is 1.46 bits per heavy atom. The highest BCUT2D eigenvalue weighted by Gasteiger charge is 2.38. The molecule has 6 heteroatoms. The van der Waals surface area contributed by atoms with E-state index in [9.17, 15) is 10.1 Å². The average Bonchev–Trinajstić information content (AvgIpc) is 3.02. The molecule has 1 atom stereocenters. The van der Waals surface area contributed by atoms with E-state index in [0.29, 0.717) is 16.6 Å². The van der Waals surface area contributed by atoms with Gasteiger partial charge in [0.15, 0.2) is 5.06 Å². The van der Waals surface area contributed by atoms with Crippen LogP contribution in [0.2, 0.25) is 5.02 Å². The summed E-state index contributed by atoms with van der Waals surface area (Å²) in [6, 6.07) is 11.8. The van der Waals surface area contributed by atoms with Crippen molar-refractivity contribution in [1.29, 1.82) is 5.26 Å². The van der Waals surface area contributed by atoms with E-state index < -0.39 is 5.54 Å². The largest absolute Gasteiger partial charge is 0.412 e. The van der Waals surface area contributed by atoms with Crippen LogP contribution in [0.1, 0.15) is 29.9 Å². The van der Waals surface area contributed by atoms with E-state index in [1.54, 1.807) is 13.0 Å². The Morgan fingerprint density at radius 2 is 2.23 bits per heavy atom. The fourth-order valence-electron chi connectivity index (χ4n) is 3.16. The summed E-state index contributed by atoms with van der Waals surface area (Å²) in [5.41, 5.74) is 1.08. The molecule has 0 radical (unpaired) electrons. The number of hydrogen-bond donors (Lipinski definition) is 0. The number of nitriles is 1. The van der Waals surface area contributed by atoms with Crippen molar-refractivity contribution in [1.82, 2.24) is 4.90 Å². The number of allylic oxidation sites excluding steroid dienone is 1. The van der Waals surface area contributed by atoms with Crippen molar-refractivity contribution in [3.8, 4) is 11.1 Å². The maximum Gasteiger partial charge on any atom is 0.336 e. The van der Waals surface area contributed by atoms with Crippen molar-refractivity contribution in [2.24, 2.45) is 0 Å². The first kappa shape index (κ1) is 18.7. The summed E-state index contributed by atoms with van der Waals surface area (Å²) in [5, 5.41) is 11.1. The molecule has 0 aliphatic carbocycles. The van der Waals surface area contributed by atoms with Gasteiger partial charge in [0.05, 0.1) is 6.07 Å². The molecule has 0 amide bonds. The third kappa shape index (κ3) is 3.54. The van der Waals surface area contributed by atoms with Gasteiger partial charge in [0.1, 0.15) is 5.54 Å². The standard InChI is InChI=1S/C20H19ClN2O2S/c1-3-6-18(24)25-19-11-14-12-23(10-9-17(14)26-19)20(2,13-22)15-7-4-5-8-16(15)21/h3-8,11H,9-10,12H2,1-2H3/b6-3+/t20-/m1/s1. The first-order chi connectivity index (χ1) is 12.5. The lowest BCUT2D eigenvalue weighted by Crippen LogP contribution is -2.45. The van der Waals surface area contributed by atoms with E-state index in [0.717, 1.165) is 24.1 Å². The summed E-state index contributed by atoms with van der Waals surface area (Å²) < 4.78 is 5.35. The second kappa shape index (κ2) is 7.63. The summed E-state index contributed by atoms with van der Waals surface area (Å²) in [7, 11) is 0. The van der Waals surface area contributed by atoms with Crippen LogP contribution in [0.5, 0.6) is 5.06 Å². The second-order valence-electron chi connectivity index (χ2n) is 6.27. The van der Waals surface area contributed by atoms with Gasteiger partial charge in [-0.2, -0.15) is 5.26 Å². The van der Waals surface area contributed by atoms with Crippen LogP contribution in [0.15, 0.2) is 42.5 Å². The van der Waals surface area contributed by atoms with Crippen LogP contribution in [-0.4, -0.2) is 17.4 Å². The molecule has 0 N–H and O–H groups in total. The van der Waals surface area contributed by atoms with Gasteiger partial charge in [-0.3, -0.25) is 4.90 Å². The summed E-state index contributed by atoms with van der Waals surface area (Å²) in [5.74, 6) is -0.374. The molecule has 0 saturated carbocycles. The molecule has 0 spiro atoms. The number of ether oxygens (including phenoxy) is 1. The zero-order valence-corrected chi connectivity index (χ0v) is 16.2. The highest BCUT2D eigenvalue weighted by Crippen LogP contribution is 2.39. The second-order valence-corrected chi connectivity index (χ2v) is 7.78. The minimum absolute atomic E-state index is 0.374. The predicted molar refractivity (Wildman–Crippen MR) is 103 cm³/mol. The Bertz CT molecular complexity index is 899. The van der Waals surface area contributed by atoms with E-state index in [4.69, 9.17) is 16.3 Å². The van der Waals surface area contributed by atoms with Gasteiger partial charge in [0.25, 0.3) is 0 Å². The third-order valence-corrected chi connectivity index (χ3v) is 6.04. The molecule has 134 valence electrons. The number of thiophene rings is 1. The van der Waals surface area contributed by atoms with Crippen molar-refractivity contribution in [2.45, 2.75) is 32.4 Å². The lowest BCUT2D eigenvalue weighted by molar-refractivity contribution is -0.128. The summed E-state index contributed by atoms with van der Waals surface area (Å²) >= 11 is 7.85. The van der Waals surface area contributed by atoms with Gasteiger partial charge >= 0.3 is 5.97 Å². The molecule has 1 aromatic carbocycles. The Morgan fingerprint density at radius 3 is 2.92 bits per heavy atom. The van der Waals surface area contributed by atoms with Gasteiger partial charge in [-0.15, -0.1) is 11.3 Å². The fourth-order valence-corrected chi connectivity index (χ4v) is 4.50. The molecule has 1 aliphatic heterocycles. The number of benzene rings is 1. The Hall–Kier alpha value is -2.13. The molecular weight excluding hydrogens is 368 g/mol. The highest BCUT2D eigenvalue weighted by atomic mass is 35.5. The molecule has 3 rings (SSSR count). The summed E-state index contributed by atoms with van der Waals surface area (Å²) in [4.78, 5) is 15.0. The summed E-state index contributed by atoms with van der Waals surface area (Å²) in [6.07, 6.45) is 3.86. The number of nitrogens with zero attached hydrogens (tertiary/aromatic N) is 2. The van der Waals surface area contributed by atoms with Crippen molar-refractivity contribution < 1.29 is 9.53 Å². The first-order valence-corrected chi connectivity index (χ1v) is 9.54. The van der Waals surface area contributed by atoms with Crippen LogP contribution in [-0.2, 0) is 23.3 Å². The van der Waals surface area contributed by atoms with Crippen molar-refractivity contribution >= 4 is 28.9 Å². The van der Waals surface area contributed by atoms with Gasteiger partial charge in [-0.25, -0.2) is 4.79 Å². The Labute approximate surface area is 162 Å². The maximum atomic E-state index is 11.6. The molecule has 2 heterocycles. The Kier molecular flexibility index (Phi) is 5.47. The van der Waals surface area contributed by atoms with E-state index in [2.05, 4.69) is 11.0 Å². The smallest absolute Gasteiger partial charge is 0.336 e. The van der Waals surface area contributed by atoms with Gasteiger partial charge in [0, 0.05) is 34.6 Å². The van der Waals surface area contributed by atoms with Crippen LogP contribution in [0.3, 0.4) is 0 Å². The maximum absolute atomic E-state index is 11.6. The molecule has 1 aliphatic rings. The third-order valence-electron chi connectivity index (χ3n) is 4.60. The van der Waals surface area contributed by atoms with Crippen LogP contribution >= 0.6 is 22.9 Å². The zero-order chi connectivity index (χ0) is 18.7. The number of rotatable bonds is 4. The average molecular weight is 387 g/mol. The van der Waals surface area contributed by atoms with E-state index in [1.165, 1.54) is 22.3 Å². The Balaban J connectivity index is 1.85. The van der Waals surface area contributed by atoms with Gasteiger partial charge in [-0.1, -0.05) is 35.9 Å². The van der Waals surface area contributed by atoms with Crippen molar-refractivity contribution in [3.05, 3.63) is 63.5 Å². The number of carbonyl (C=O) groups excluding carboxylic acids is 1. The number of hydrogen-bond acceptors (Lipinski definition) is 5. The van der Waals surface area contributed by atoms with Crippen LogP contribution < -0.4 is 4.74 Å². The number of carbonyl (C=O) groups is 1. The first-order valence-electron chi connectivity index (χ1n) is 8.35. The molecule has 0 fully saturated rings. The van der Waals surface area contributed by atoms with E-state index >= 15 is 0 Å². The molecule has 0 bridgehead atoms. The van der Waals surface area contributed by atoms with Crippen molar-refractivity contribution in [2.75, 3.05) is 6.54 Å². The van der Waals surface area contributed by atoms with Gasteiger partial charge in [0.2, 0.25) is 0 Å². The van der Waals surface area contributed by atoms with E-state index in [-0.39, 0.29) is 5.97 Å². The number of fused-ring (bicyclic) bond motifs is 1. The van der Waals surface area contributed by atoms with Crippen LogP contribution in [0.4, 0.5) is 0 Å². The SMILES string of the molecule is C/C=C/C(=O)Oc1cc2c(s1)CCN([C@](C)(C#N)c1ccccc1Cl)C2.